The lowest BCUT2D eigenvalue weighted by molar-refractivity contribution is 0.0951. The van der Waals surface area contributed by atoms with E-state index in [1.54, 1.807) is 12.3 Å². The maximum absolute atomic E-state index is 11.8. The molecule has 1 aromatic rings. The molecular formula is C13H20ClN3O. The summed E-state index contributed by atoms with van der Waals surface area (Å²) in [5.74, 6) is -0.160. The first-order valence-electron chi connectivity index (χ1n) is 6.29. The molecule has 1 amide bonds. The molecule has 0 fully saturated rings. The molecule has 1 heterocycles. The van der Waals surface area contributed by atoms with E-state index in [1.165, 1.54) is 6.20 Å². The van der Waals surface area contributed by atoms with Crippen LogP contribution >= 0.6 is 11.6 Å². The fourth-order valence-electron chi connectivity index (χ4n) is 1.68. The fourth-order valence-corrected chi connectivity index (χ4v) is 1.88. The van der Waals surface area contributed by atoms with Gasteiger partial charge in [-0.25, -0.2) is 0 Å². The SMILES string of the molecule is CCN(CC)CCCNC(=O)c1cnccc1Cl. The Bertz CT molecular complexity index is 380. The quantitative estimate of drug-likeness (QED) is 0.772. The number of nitrogens with zero attached hydrogens (tertiary/aromatic N) is 2. The molecule has 0 radical (unpaired) electrons. The molecule has 0 saturated heterocycles. The van der Waals surface area contributed by atoms with Gasteiger partial charge in [0.05, 0.1) is 10.6 Å². The molecule has 0 aromatic carbocycles. The normalized spacial score (nSPS) is 10.7. The maximum Gasteiger partial charge on any atom is 0.254 e. The van der Waals surface area contributed by atoms with Crippen LogP contribution in [0.3, 0.4) is 0 Å². The van der Waals surface area contributed by atoms with Crippen LogP contribution in [0.4, 0.5) is 0 Å². The summed E-state index contributed by atoms with van der Waals surface area (Å²) in [5, 5.41) is 3.29. The molecular weight excluding hydrogens is 250 g/mol. The van der Waals surface area contributed by atoms with E-state index in [0.29, 0.717) is 17.1 Å². The average Bonchev–Trinajstić information content (AvgIpc) is 2.39. The number of halogens is 1. The van der Waals surface area contributed by atoms with Crippen LogP contribution in [0.5, 0.6) is 0 Å². The van der Waals surface area contributed by atoms with Crippen molar-refractivity contribution >= 4 is 17.5 Å². The van der Waals surface area contributed by atoms with Crippen molar-refractivity contribution in [3.63, 3.8) is 0 Å². The van der Waals surface area contributed by atoms with Gasteiger partial charge in [0.15, 0.2) is 0 Å². The molecule has 0 saturated carbocycles. The van der Waals surface area contributed by atoms with Gasteiger partial charge in [-0.3, -0.25) is 9.78 Å². The van der Waals surface area contributed by atoms with E-state index < -0.39 is 0 Å². The lowest BCUT2D eigenvalue weighted by Gasteiger charge is -2.17. The summed E-state index contributed by atoms with van der Waals surface area (Å²) in [6.45, 7) is 8.00. The van der Waals surface area contributed by atoms with Crippen LogP contribution in [0.2, 0.25) is 5.02 Å². The minimum atomic E-state index is -0.160. The van der Waals surface area contributed by atoms with Crippen molar-refractivity contribution in [3.05, 3.63) is 29.0 Å². The van der Waals surface area contributed by atoms with Crippen LogP contribution < -0.4 is 5.32 Å². The van der Waals surface area contributed by atoms with Crippen molar-refractivity contribution in [1.29, 1.82) is 0 Å². The molecule has 100 valence electrons. The Morgan fingerprint density at radius 1 is 1.44 bits per heavy atom. The van der Waals surface area contributed by atoms with E-state index >= 15 is 0 Å². The van der Waals surface area contributed by atoms with Gasteiger partial charge in [0, 0.05) is 18.9 Å². The first-order valence-corrected chi connectivity index (χ1v) is 6.66. The van der Waals surface area contributed by atoms with E-state index in [4.69, 9.17) is 11.6 Å². The molecule has 18 heavy (non-hydrogen) atoms. The molecule has 0 atom stereocenters. The average molecular weight is 270 g/mol. The Morgan fingerprint density at radius 3 is 2.78 bits per heavy atom. The van der Waals surface area contributed by atoms with Crippen LogP contribution in [-0.2, 0) is 0 Å². The third kappa shape index (κ3) is 4.63. The third-order valence-corrected chi connectivity index (χ3v) is 3.17. The second-order valence-corrected chi connectivity index (χ2v) is 4.40. The molecule has 1 N–H and O–H groups in total. The van der Waals surface area contributed by atoms with Gasteiger partial charge < -0.3 is 10.2 Å². The Balaban J connectivity index is 2.32. The van der Waals surface area contributed by atoms with Crippen molar-refractivity contribution in [3.8, 4) is 0 Å². The monoisotopic (exact) mass is 269 g/mol. The van der Waals surface area contributed by atoms with Gasteiger partial charge in [-0.1, -0.05) is 25.4 Å². The lowest BCUT2D eigenvalue weighted by Crippen LogP contribution is -2.30. The molecule has 0 spiro atoms. The molecule has 0 aliphatic heterocycles. The van der Waals surface area contributed by atoms with Gasteiger partial charge >= 0.3 is 0 Å². The minimum Gasteiger partial charge on any atom is -0.352 e. The highest BCUT2D eigenvalue weighted by atomic mass is 35.5. The summed E-state index contributed by atoms with van der Waals surface area (Å²) >= 11 is 5.92. The molecule has 0 aliphatic rings. The molecule has 0 unspecified atom stereocenters. The fraction of sp³-hybridized carbons (Fsp3) is 0.538. The number of carbonyl (C=O) groups excluding carboxylic acids is 1. The van der Waals surface area contributed by atoms with E-state index in [2.05, 4.69) is 29.0 Å². The summed E-state index contributed by atoms with van der Waals surface area (Å²) in [6, 6.07) is 1.62. The topological polar surface area (TPSA) is 45.2 Å². The van der Waals surface area contributed by atoms with Gasteiger partial charge in [0.25, 0.3) is 5.91 Å². The maximum atomic E-state index is 11.8. The highest BCUT2D eigenvalue weighted by molar-refractivity contribution is 6.33. The molecule has 0 bridgehead atoms. The minimum absolute atomic E-state index is 0.160. The van der Waals surface area contributed by atoms with Crippen molar-refractivity contribution in [2.75, 3.05) is 26.2 Å². The molecule has 5 heteroatoms. The number of nitrogens with one attached hydrogen (secondary N) is 1. The van der Waals surface area contributed by atoms with E-state index in [0.717, 1.165) is 26.1 Å². The highest BCUT2D eigenvalue weighted by Gasteiger charge is 2.09. The van der Waals surface area contributed by atoms with E-state index in [1.807, 2.05) is 0 Å². The Labute approximate surface area is 113 Å². The molecule has 0 aliphatic carbocycles. The molecule has 1 aromatic heterocycles. The van der Waals surface area contributed by atoms with Crippen molar-refractivity contribution in [2.24, 2.45) is 0 Å². The van der Waals surface area contributed by atoms with Gasteiger partial charge in [0.2, 0.25) is 0 Å². The summed E-state index contributed by atoms with van der Waals surface area (Å²) in [6.07, 6.45) is 3.99. The molecule has 1 rings (SSSR count). The summed E-state index contributed by atoms with van der Waals surface area (Å²) in [4.78, 5) is 18.0. The van der Waals surface area contributed by atoms with E-state index in [9.17, 15) is 4.79 Å². The number of pyridine rings is 1. The Morgan fingerprint density at radius 2 is 2.17 bits per heavy atom. The van der Waals surface area contributed by atoms with Crippen molar-refractivity contribution in [2.45, 2.75) is 20.3 Å². The predicted molar refractivity (Wildman–Crippen MR) is 74.0 cm³/mol. The van der Waals surface area contributed by atoms with Gasteiger partial charge in [0.1, 0.15) is 0 Å². The number of carbonyl (C=O) groups is 1. The second-order valence-electron chi connectivity index (χ2n) is 3.99. The third-order valence-electron chi connectivity index (χ3n) is 2.84. The van der Waals surface area contributed by atoms with Crippen LogP contribution in [-0.4, -0.2) is 42.0 Å². The zero-order chi connectivity index (χ0) is 13.4. The zero-order valence-corrected chi connectivity index (χ0v) is 11.7. The van der Waals surface area contributed by atoms with Crippen LogP contribution in [0, 0.1) is 0 Å². The number of amides is 1. The van der Waals surface area contributed by atoms with E-state index in [-0.39, 0.29) is 5.91 Å². The van der Waals surface area contributed by atoms with Crippen LogP contribution in [0.15, 0.2) is 18.5 Å². The number of aromatic nitrogens is 1. The smallest absolute Gasteiger partial charge is 0.254 e. The van der Waals surface area contributed by atoms with Gasteiger partial charge in [-0.05, 0) is 32.1 Å². The number of hydrogen-bond acceptors (Lipinski definition) is 3. The van der Waals surface area contributed by atoms with Gasteiger partial charge in [-0.15, -0.1) is 0 Å². The second kappa shape index (κ2) is 8.06. The summed E-state index contributed by atoms with van der Waals surface area (Å²) in [7, 11) is 0. The lowest BCUT2D eigenvalue weighted by atomic mass is 10.2. The predicted octanol–water partition coefficient (Wildman–Crippen LogP) is 2.20. The summed E-state index contributed by atoms with van der Waals surface area (Å²) < 4.78 is 0. The standard InChI is InChI=1S/C13H20ClN3O/c1-3-17(4-2)9-5-7-16-13(18)11-10-15-8-6-12(11)14/h6,8,10H,3-5,7,9H2,1-2H3,(H,16,18). The van der Waals surface area contributed by atoms with Gasteiger partial charge in [-0.2, -0.15) is 0 Å². The van der Waals surface area contributed by atoms with Crippen molar-refractivity contribution in [1.82, 2.24) is 15.2 Å². The van der Waals surface area contributed by atoms with Crippen molar-refractivity contribution < 1.29 is 4.79 Å². The van der Waals surface area contributed by atoms with Crippen LogP contribution in [0.25, 0.3) is 0 Å². The Hall–Kier alpha value is -1.13. The number of rotatable bonds is 7. The molecule has 4 nitrogen and oxygen atoms in total. The summed E-state index contributed by atoms with van der Waals surface area (Å²) in [5.41, 5.74) is 0.432. The Kier molecular flexibility index (Phi) is 6.68. The highest BCUT2D eigenvalue weighted by Crippen LogP contribution is 2.12. The van der Waals surface area contributed by atoms with Crippen LogP contribution in [0.1, 0.15) is 30.6 Å². The first-order chi connectivity index (χ1) is 8.69. The first kappa shape index (κ1) is 14.9. The largest absolute Gasteiger partial charge is 0.352 e. The number of hydrogen-bond donors (Lipinski definition) is 1. The zero-order valence-electron chi connectivity index (χ0n) is 10.9.